The Morgan fingerprint density at radius 1 is 1.69 bits per heavy atom. The van der Waals surface area contributed by atoms with E-state index in [0.717, 1.165) is 4.47 Å². The predicted molar refractivity (Wildman–Crippen MR) is 52.6 cm³/mol. The fourth-order valence-electron chi connectivity index (χ4n) is 1.49. The van der Waals surface area contributed by atoms with Gasteiger partial charge in [0, 0.05) is 5.92 Å². The molecule has 0 saturated heterocycles. The SMILES string of the molecule is CC(C(=O)c1occc1Br)C1CC1. The minimum atomic E-state index is 0.113. The minimum absolute atomic E-state index is 0.113. The first-order valence-electron chi connectivity index (χ1n) is 4.47. The van der Waals surface area contributed by atoms with Crippen molar-refractivity contribution >= 4 is 21.7 Å². The van der Waals surface area contributed by atoms with Gasteiger partial charge in [-0.1, -0.05) is 6.92 Å². The van der Waals surface area contributed by atoms with Crippen LogP contribution < -0.4 is 0 Å². The van der Waals surface area contributed by atoms with Crippen LogP contribution in [-0.4, -0.2) is 5.78 Å². The zero-order valence-corrected chi connectivity index (χ0v) is 9.00. The summed E-state index contributed by atoms with van der Waals surface area (Å²) in [4.78, 5) is 11.8. The van der Waals surface area contributed by atoms with Gasteiger partial charge in [0.25, 0.3) is 0 Å². The van der Waals surface area contributed by atoms with Gasteiger partial charge in [-0.05, 0) is 40.8 Å². The minimum Gasteiger partial charge on any atom is -0.460 e. The molecule has 0 N–H and O–H groups in total. The molecule has 13 heavy (non-hydrogen) atoms. The van der Waals surface area contributed by atoms with E-state index in [4.69, 9.17) is 4.42 Å². The molecule has 0 aromatic carbocycles. The summed E-state index contributed by atoms with van der Waals surface area (Å²) in [5.41, 5.74) is 0. The van der Waals surface area contributed by atoms with Gasteiger partial charge in [-0.25, -0.2) is 0 Å². The zero-order valence-electron chi connectivity index (χ0n) is 7.42. The summed E-state index contributed by atoms with van der Waals surface area (Å²) >= 11 is 3.29. The summed E-state index contributed by atoms with van der Waals surface area (Å²) in [6.45, 7) is 1.98. The highest BCUT2D eigenvalue weighted by Gasteiger charge is 2.34. The van der Waals surface area contributed by atoms with E-state index >= 15 is 0 Å². The van der Waals surface area contributed by atoms with E-state index in [2.05, 4.69) is 15.9 Å². The Hall–Kier alpha value is -0.570. The van der Waals surface area contributed by atoms with Crippen molar-refractivity contribution in [2.75, 3.05) is 0 Å². The molecule has 1 heterocycles. The summed E-state index contributed by atoms with van der Waals surface area (Å²) in [6.07, 6.45) is 3.91. The number of hydrogen-bond donors (Lipinski definition) is 0. The Morgan fingerprint density at radius 2 is 2.38 bits per heavy atom. The van der Waals surface area contributed by atoms with Gasteiger partial charge >= 0.3 is 0 Å². The molecule has 1 unspecified atom stereocenters. The zero-order chi connectivity index (χ0) is 9.42. The fraction of sp³-hybridized carbons (Fsp3) is 0.500. The molecule has 1 aliphatic carbocycles. The van der Waals surface area contributed by atoms with Crippen molar-refractivity contribution in [3.05, 3.63) is 22.6 Å². The lowest BCUT2D eigenvalue weighted by molar-refractivity contribution is 0.0886. The van der Waals surface area contributed by atoms with Crippen molar-refractivity contribution in [2.45, 2.75) is 19.8 Å². The van der Waals surface area contributed by atoms with Gasteiger partial charge in [-0.15, -0.1) is 0 Å². The number of rotatable bonds is 3. The molecule has 0 bridgehead atoms. The van der Waals surface area contributed by atoms with Crippen molar-refractivity contribution in [3.8, 4) is 0 Å². The van der Waals surface area contributed by atoms with Crippen LogP contribution in [-0.2, 0) is 0 Å². The molecule has 3 heteroatoms. The smallest absolute Gasteiger partial charge is 0.202 e. The maximum atomic E-state index is 11.8. The van der Waals surface area contributed by atoms with Crippen LogP contribution in [0.2, 0.25) is 0 Å². The maximum absolute atomic E-state index is 11.8. The molecule has 1 aliphatic rings. The summed E-state index contributed by atoms with van der Waals surface area (Å²) in [5, 5.41) is 0. The van der Waals surface area contributed by atoms with Gasteiger partial charge in [0.05, 0.1) is 10.7 Å². The third-order valence-corrected chi connectivity index (χ3v) is 3.21. The van der Waals surface area contributed by atoms with Gasteiger partial charge < -0.3 is 4.42 Å². The van der Waals surface area contributed by atoms with E-state index in [9.17, 15) is 4.79 Å². The number of halogens is 1. The van der Waals surface area contributed by atoms with Crippen LogP contribution in [0.5, 0.6) is 0 Å². The van der Waals surface area contributed by atoms with Gasteiger partial charge in [0.1, 0.15) is 0 Å². The molecular weight excluding hydrogens is 232 g/mol. The number of carbonyl (C=O) groups is 1. The third-order valence-electron chi connectivity index (χ3n) is 2.58. The maximum Gasteiger partial charge on any atom is 0.202 e. The lowest BCUT2D eigenvalue weighted by atomic mass is 9.99. The van der Waals surface area contributed by atoms with E-state index in [-0.39, 0.29) is 11.7 Å². The number of carbonyl (C=O) groups excluding carboxylic acids is 1. The molecule has 2 rings (SSSR count). The van der Waals surface area contributed by atoms with Crippen LogP contribution in [0.15, 0.2) is 21.2 Å². The van der Waals surface area contributed by atoms with E-state index in [0.29, 0.717) is 11.7 Å². The Kier molecular flexibility index (Phi) is 2.28. The highest BCUT2D eigenvalue weighted by Crippen LogP contribution is 2.38. The molecule has 0 spiro atoms. The first-order chi connectivity index (χ1) is 6.20. The Balaban J connectivity index is 2.16. The highest BCUT2D eigenvalue weighted by atomic mass is 79.9. The first kappa shape index (κ1) is 9.00. The standard InChI is InChI=1S/C10H11BrO2/c1-6(7-2-3-7)9(12)10-8(11)4-5-13-10/h4-7H,2-3H2,1H3. The topological polar surface area (TPSA) is 30.2 Å². The molecule has 70 valence electrons. The van der Waals surface area contributed by atoms with Crippen molar-refractivity contribution in [3.63, 3.8) is 0 Å². The van der Waals surface area contributed by atoms with Gasteiger partial charge in [0.15, 0.2) is 5.76 Å². The lowest BCUT2D eigenvalue weighted by Gasteiger charge is -2.05. The molecule has 1 fully saturated rings. The molecule has 1 atom stereocenters. The van der Waals surface area contributed by atoms with E-state index < -0.39 is 0 Å². The summed E-state index contributed by atoms with van der Waals surface area (Å²) in [5.74, 6) is 1.30. The van der Waals surface area contributed by atoms with Gasteiger partial charge in [-0.3, -0.25) is 4.79 Å². The third kappa shape index (κ3) is 1.70. The molecule has 2 nitrogen and oxygen atoms in total. The van der Waals surface area contributed by atoms with Crippen LogP contribution in [0.3, 0.4) is 0 Å². The van der Waals surface area contributed by atoms with Gasteiger partial charge in [-0.2, -0.15) is 0 Å². The number of Topliss-reactive ketones (excluding diaryl/α,β-unsaturated/α-hetero) is 1. The molecular formula is C10H11BrO2. The number of ketones is 1. The van der Waals surface area contributed by atoms with Crippen LogP contribution in [0, 0.1) is 11.8 Å². The molecule has 0 radical (unpaired) electrons. The van der Waals surface area contributed by atoms with Crippen LogP contribution in [0.1, 0.15) is 30.3 Å². The summed E-state index contributed by atoms with van der Waals surface area (Å²) < 4.78 is 5.90. The summed E-state index contributed by atoms with van der Waals surface area (Å²) in [6, 6.07) is 1.76. The van der Waals surface area contributed by atoms with Crippen molar-refractivity contribution < 1.29 is 9.21 Å². The molecule has 0 aliphatic heterocycles. The quantitative estimate of drug-likeness (QED) is 0.762. The van der Waals surface area contributed by atoms with E-state index in [1.165, 1.54) is 19.1 Å². The molecule has 1 aromatic heterocycles. The van der Waals surface area contributed by atoms with Crippen LogP contribution in [0.25, 0.3) is 0 Å². The average Bonchev–Trinajstić information content (AvgIpc) is 2.87. The van der Waals surface area contributed by atoms with Crippen LogP contribution in [0.4, 0.5) is 0 Å². The van der Waals surface area contributed by atoms with Crippen molar-refractivity contribution in [1.29, 1.82) is 0 Å². The van der Waals surface area contributed by atoms with E-state index in [1.54, 1.807) is 6.07 Å². The monoisotopic (exact) mass is 242 g/mol. The fourth-order valence-corrected chi connectivity index (χ4v) is 1.88. The Labute approximate surface area is 85.4 Å². The number of hydrogen-bond acceptors (Lipinski definition) is 2. The summed E-state index contributed by atoms with van der Waals surface area (Å²) in [7, 11) is 0. The second-order valence-electron chi connectivity index (χ2n) is 3.59. The second-order valence-corrected chi connectivity index (χ2v) is 4.44. The van der Waals surface area contributed by atoms with E-state index in [1.807, 2.05) is 6.92 Å². The van der Waals surface area contributed by atoms with Gasteiger partial charge in [0.2, 0.25) is 5.78 Å². The second kappa shape index (κ2) is 3.29. The average molecular weight is 243 g/mol. The molecule has 1 aromatic rings. The highest BCUT2D eigenvalue weighted by molar-refractivity contribution is 9.10. The van der Waals surface area contributed by atoms with Crippen molar-refractivity contribution in [2.24, 2.45) is 11.8 Å². The molecule has 1 saturated carbocycles. The Morgan fingerprint density at radius 3 is 2.85 bits per heavy atom. The predicted octanol–water partition coefficient (Wildman–Crippen LogP) is 3.27. The Bertz CT molecular complexity index is 325. The first-order valence-corrected chi connectivity index (χ1v) is 5.26. The number of furan rings is 1. The molecule has 0 amide bonds. The van der Waals surface area contributed by atoms with Crippen LogP contribution >= 0.6 is 15.9 Å². The largest absolute Gasteiger partial charge is 0.460 e. The normalized spacial score (nSPS) is 18.6. The van der Waals surface area contributed by atoms with Crippen molar-refractivity contribution in [1.82, 2.24) is 0 Å². The lowest BCUT2D eigenvalue weighted by Crippen LogP contribution is -2.12.